The van der Waals surface area contributed by atoms with Gasteiger partial charge < -0.3 is 14.2 Å². The molecule has 0 heterocycles. The molecule has 1 aliphatic carbocycles. The molecule has 1 aliphatic rings. The number of ether oxygens (including phenoxy) is 3. The molecule has 0 unspecified atom stereocenters. The minimum atomic E-state index is 0.524. The predicted octanol–water partition coefficient (Wildman–Crippen LogP) is 5.60. The Labute approximate surface area is 167 Å². The lowest BCUT2D eigenvalue weighted by atomic mass is 9.92. The number of hydrogen-bond donors (Lipinski definition) is 0. The molecule has 0 saturated heterocycles. The first-order chi connectivity index (χ1) is 13.6. The van der Waals surface area contributed by atoms with Crippen molar-refractivity contribution in [2.24, 2.45) is 4.99 Å². The Hall–Kier alpha value is -2.59. The van der Waals surface area contributed by atoms with E-state index in [1.54, 1.807) is 14.2 Å². The van der Waals surface area contributed by atoms with Crippen LogP contribution in [-0.4, -0.2) is 33.1 Å². The van der Waals surface area contributed by atoms with Gasteiger partial charge in [0.25, 0.3) is 0 Å². The number of hydrogen-bond acceptors (Lipinski definition) is 4. The van der Waals surface area contributed by atoms with Crippen molar-refractivity contribution >= 4 is 17.0 Å². The van der Waals surface area contributed by atoms with Gasteiger partial charge in [0.05, 0.1) is 19.4 Å². The molecule has 3 rings (SSSR count). The van der Waals surface area contributed by atoms with Gasteiger partial charge in [0, 0.05) is 18.4 Å². The second-order valence-electron chi connectivity index (χ2n) is 7.08. The monoisotopic (exact) mass is 379 g/mol. The summed E-state index contributed by atoms with van der Waals surface area (Å²) in [6, 6.07) is 12.1. The van der Waals surface area contributed by atoms with E-state index in [2.05, 4.69) is 25.6 Å². The Morgan fingerprint density at radius 2 is 1.75 bits per heavy atom. The summed E-state index contributed by atoms with van der Waals surface area (Å²) < 4.78 is 16.3. The highest BCUT2D eigenvalue weighted by atomic mass is 16.5. The van der Waals surface area contributed by atoms with Crippen molar-refractivity contribution in [3.63, 3.8) is 0 Å². The first-order valence-corrected chi connectivity index (χ1v) is 9.79. The van der Waals surface area contributed by atoms with E-state index in [1.165, 1.54) is 16.7 Å². The molecule has 0 fully saturated rings. The Morgan fingerprint density at radius 3 is 2.43 bits per heavy atom. The van der Waals surface area contributed by atoms with Crippen LogP contribution >= 0.6 is 0 Å². The van der Waals surface area contributed by atoms with Gasteiger partial charge in [-0.1, -0.05) is 12.2 Å². The van der Waals surface area contributed by atoms with Crippen molar-refractivity contribution < 1.29 is 14.2 Å². The van der Waals surface area contributed by atoms with Crippen LogP contribution in [0.2, 0.25) is 0 Å². The standard InChI is InChI=1S/C24H29NO3/c1-17(2)22-15-20(28-14-13-26-3)16-23-21(22)7-5-6-8-24(23)25-18-9-11-19(27-4)12-10-18/h9-12,15-16H,1,5-8,13-14H2,2-4H3. The van der Waals surface area contributed by atoms with Crippen molar-refractivity contribution in [2.75, 3.05) is 27.4 Å². The van der Waals surface area contributed by atoms with E-state index in [9.17, 15) is 0 Å². The molecular weight excluding hydrogens is 350 g/mol. The van der Waals surface area contributed by atoms with Crippen LogP contribution in [-0.2, 0) is 11.2 Å². The average Bonchev–Trinajstić information content (AvgIpc) is 2.90. The molecule has 2 aromatic carbocycles. The molecule has 0 aliphatic heterocycles. The van der Waals surface area contributed by atoms with E-state index < -0.39 is 0 Å². The Kier molecular flexibility index (Phi) is 6.88. The van der Waals surface area contributed by atoms with E-state index >= 15 is 0 Å². The van der Waals surface area contributed by atoms with E-state index in [-0.39, 0.29) is 0 Å². The number of aliphatic imine (C=N–C) groups is 1. The zero-order valence-electron chi connectivity index (χ0n) is 17.1. The maximum atomic E-state index is 5.94. The van der Waals surface area contributed by atoms with Gasteiger partial charge in [0.15, 0.2) is 0 Å². The molecule has 0 N–H and O–H groups in total. The number of rotatable bonds is 7. The van der Waals surface area contributed by atoms with Gasteiger partial charge in [-0.15, -0.1) is 0 Å². The zero-order valence-corrected chi connectivity index (χ0v) is 17.1. The molecule has 4 nitrogen and oxygen atoms in total. The predicted molar refractivity (Wildman–Crippen MR) is 115 cm³/mol. The van der Waals surface area contributed by atoms with E-state index in [1.807, 2.05) is 24.3 Å². The van der Waals surface area contributed by atoms with E-state index in [0.29, 0.717) is 13.2 Å². The fourth-order valence-corrected chi connectivity index (χ4v) is 3.54. The molecule has 0 spiro atoms. The van der Waals surface area contributed by atoms with Gasteiger partial charge in [-0.25, -0.2) is 0 Å². The van der Waals surface area contributed by atoms with Crippen molar-refractivity contribution in [3.05, 3.63) is 59.7 Å². The Bertz CT molecular complexity index is 853. The molecule has 0 atom stereocenters. The first-order valence-electron chi connectivity index (χ1n) is 9.79. The molecule has 4 heteroatoms. The topological polar surface area (TPSA) is 40.0 Å². The maximum Gasteiger partial charge on any atom is 0.120 e. The largest absolute Gasteiger partial charge is 0.497 e. The highest BCUT2D eigenvalue weighted by Crippen LogP contribution is 2.33. The second-order valence-corrected chi connectivity index (χ2v) is 7.08. The molecular formula is C24H29NO3. The summed E-state index contributed by atoms with van der Waals surface area (Å²) in [6.45, 7) is 7.34. The van der Waals surface area contributed by atoms with Crippen LogP contribution in [0.3, 0.4) is 0 Å². The van der Waals surface area contributed by atoms with Crippen molar-refractivity contribution in [1.29, 1.82) is 0 Å². The summed E-state index contributed by atoms with van der Waals surface area (Å²) in [6.07, 6.45) is 4.27. The third-order valence-corrected chi connectivity index (χ3v) is 4.98. The number of allylic oxidation sites excluding steroid dienone is 1. The molecule has 0 bridgehead atoms. The lowest BCUT2D eigenvalue weighted by molar-refractivity contribution is 0.146. The van der Waals surface area contributed by atoms with Gasteiger partial charge in [0.2, 0.25) is 0 Å². The molecule has 28 heavy (non-hydrogen) atoms. The lowest BCUT2D eigenvalue weighted by Gasteiger charge is -2.17. The summed E-state index contributed by atoms with van der Waals surface area (Å²) in [4.78, 5) is 4.98. The SMILES string of the molecule is C=C(C)c1cc(OCCOC)cc2c1CCCCC2=Nc1ccc(OC)cc1. The van der Waals surface area contributed by atoms with Crippen LogP contribution in [0.4, 0.5) is 5.69 Å². The molecule has 0 radical (unpaired) electrons. The van der Waals surface area contributed by atoms with Gasteiger partial charge in [-0.05, 0) is 80.1 Å². The van der Waals surface area contributed by atoms with Crippen LogP contribution in [0.15, 0.2) is 48.0 Å². The second kappa shape index (κ2) is 9.56. The highest BCUT2D eigenvalue weighted by molar-refractivity contribution is 6.04. The van der Waals surface area contributed by atoms with Crippen molar-refractivity contribution in [3.8, 4) is 11.5 Å². The Balaban J connectivity index is 2.04. The van der Waals surface area contributed by atoms with E-state index in [0.717, 1.165) is 54.2 Å². The van der Waals surface area contributed by atoms with Crippen molar-refractivity contribution in [1.82, 2.24) is 0 Å². The number of methoxy groups -OCH3 is 2. The molecule has 0 saturated carbocycles. The molecule has 0 amide bonds. The average molecular weight is 380 g/mol. The van der Waals surface area contributed by atoms with Gasteiger partial charge in [0.1, 0.15) is 18.1 Å². The maximum absolute atomic E-state index is 5.94. The van der Waals surface area contributed by atoms with Crippen LogP contribution in [0, 0.1) is 0 Å². The fraction of sp³-hybridized carbons (Fsp3) is 0.375. The zero-order chi connectivity index (χ0) is 19.9. The lowest BCUT2D eigenvalue weighted by Crippen LogP contribution is -2.08. The smallest absolute Gasteiger partial charge is 0.120 e. The summed E-state index contributed by atoms with van der Waals surface area (Å²) in [5, 5.41) is 0. The first kappa shape index (κ1) is 20.2. The van der Waals surface area contributed by atoms with Crippen LogP contribution in [0.1, 0.15) is 42.9 Å². The third kappa shape index (κ3) is 4.82. The normalized spacial score (nSPS) is 15.0. The minimum Gasteiger partial charge on any atom is -0.497 e. The number of benzene rings is 2. The number of fused-ring (bicyclic) bond motifs is 1. The number of nitrogens with zero attached hydrogens (tertiary/aromatic N) is 1. The summed E-state index contributed by atoms with van der Waals surface area (Å²) in [5.41, 5.74) is 6.79. The van der Waals surface area contributed by atoms with Gasteiger partial charge >= 0.3 is 0 Å². The van der Waals surface area contributed by atoms with Gasteiger partial charge in [-0.3, -0.25) is 4.99 Å². The molecule has 0 aromatic heterocycles. The summed E-state index contributed by atoms with van der Waals surface area (Å²) in [5.74, 6) is 1.68. The molecule has 2 aromatic rings. The molecule has 148 valence electrons. The fourth-order valence-electron chi connectivity index (χ4n) is 3.54. The quantitative estimate of drug-likeness (QED) is 0.464. The van der Waals surface area contributed by atoms with E-state index in [4.69, 9.17) is 19.2 Å². The highest BCUT2D eigenvalue weighted by Gasteiger charge is 2.19. The third-order valence-electron chi connectivity index (χ3n) is 4.98. The minimum absolute atomic E-state index is 0.524. The van der Waals surface area contributed by atoms with Crippen LogP contribution < -0.4 is 9.47 Å². The van der Waals surface area contributed by atoms with Gasteiger partial charge in [-0.2, -0.15) is 0 Å². The summed E-state index contributed by atoms with van der Waals surface area (Å²) in [7, 11) is 3.35. The van der Waals surface area contributed by atoms with Crippen LogP contribution in [0.25, 0.3) is 5.57 Å². The summed E-state index contributed by atoms with van der Waals surface area (Å²) >= 11 is 0. The van der Waals surface area contributed by atoms with Crippen LogP contribution in [0.5, 0.6) is 11.5 Å². The van der Waals surface area contributed by atoms with Crippen molar-refractivity contribution in [2.45, 2.75) is 32.6 Å². The Morgan fingerprint density at radius 1 is 1.00 bits per heavy atom.